The Morgan fingerprint density at radius 1 is 1.20 bits per heavy atom. The third kappa shape index (κ3) is 6.25. The number of ether oxygens (including phenoxy) is 1. The van der Waals surface area contributed by atoms with Crippen molar-refractivity contribution < 1.29 is 17.9 Å². The summed E-state index contributed by atoms with van der Waals surface area (Å²) in [5, 5.41) is 3.13. The third-order valence-electron chi connectivity index (χ3n) is 2.87. The van der Waals surface area contributed by atoms with Gasteiger partial charge < -0.3 is 15.0 Å². The van der Waals surface area contributed by atoms with E-state index >= 15 is 0 Å². The zero-order chi connectivity index (χ0) is 15.2. The molecule has 0 aliphatic carbocycles. The quantitative estimate of drug-likeness (QED) is 0.781. The largest absolute Gasteiger partial charge is 0.411 e. The maximum Gasteiger partial charge on any atom is 0.411 e. The van der Waals surface area contributed by atoms with Crippen molar-refractivity contribution in [2.24, 2.45) is 0 Å². The minimum absolute atomic E-state index is 0.0413. The highest BCUT2D eigenvalue weighted by atomic mass is 19.4. The molecule has 0 fully saturated rings. The summed E-state index contributed by atoms with van der Waals surface area (Å²) in [6, 6.07) is 8.09. The molecule has 3 nitrogen and oxygen atoms in total. The molecule has 6 heteroatoms. The van der Waals surface area contributed by atoms with Gasteiger partial charge in [-0.15, -0.1) is 0 Å². The minimum Gasteiger partial charge on any atom is -0.378 e. The first-order valence-corrected chi connectivity index (χ1v) is 6.45. The number of nitrogens with zero attached hydrogens (tertiary/aromatic N) is 1. The Labute approximate surface area is 117 Å². The molecule has 0 saturated heterocycles. The number of hydrogen-bond acceptors (Lipinski definition) is 3. The molecule has 0 aliphatic rings. The van der Waals surface area contributed by atoms with Crippen LogP contribution in [0, 0.1) is 0 Å². The third-order valence-corrected chi connectivity index (χ3v) is 2.87. The molecular weight excluding hydrogens is 269 g/mol. The van der Waals surface area contributed by atoms with Gasteiger partial charge in [-0.2, -0.15) is 13.2 Å². The number of alkyl halides is 3. The first-order chi connectivity index (χ1) is 9.29. The fourth-order valence-electron chi connectivity index (χ4n) is 1.71. The van der Waals surface area contributed by atoms with Gasteiger partial charge in [0.25, 0.3) is 0 Å². The number of hydrogen-bond donors (Lipinski definition) is 1. The summed E-state index contributed by atoms with van der Waals surface area (Å²) < 4.78 is 40.1. The van der Waals surface area contributed by atoms with Gasteiger partial charge in [-0.1, -0.05) is 12.1 Å². The van der Waals surface area contributed by atoms with E-state index in [0.717, 1.165) is 11.3 Å². The Kier molecular flexibility index (Phi) is 6.29. The van der Waals surface area contributed by atoms with E-state index < -0.39 is 12.8 Å². The van der Waals surface area contributed by atoms with Gasteiger partial charge in [-0.05, 0) is 24.6 Å². The van der Waals surface area contributed by atoms with Crippen LogP contribution in [0.4, 0.5) is 18.9 Å². The van der Waals surface area contributed by atoms with Gasteiger partial charge in [0.1, 0.15) is 6.61 Å². The number of rotatable bonds is 7. The van der Waals surface area contributed by atoms with Crippen molar-refractivity contribution in [3.05, 3.63) is 29.8 Å². The Hall–Kier alpha value is -1.27. The van der Waals surface area contributed by atoms with Crippen LogP contribution in [0.15, 0.2) is 24.3 Å². The van der Waals surface area contributed by atoms with Crippen LogP contribution in [0.3, 0.4) is 0 Å². The van der Waals surface area contributed by atoms with Crippen molar-refractivity contribution in [2.75, 3.05) is 38.8 Å². The van der Waals surface area contributed by atoms with Crippen LogP contribution in [0.5, 0.6) is 0 Å². The van der Waals surface area contributed by atoms with Gasteiger partial charge in [0.2, 0.25) is 0 Å². The highest BCUT2D eigenvalue weighted by molar-refractivity contribution is 5.46. The second kappa shape index (κ2) is 7.50. The molecule has 0 saturated carbocycles. The monoisotopic (exact) mass is 290 g/mol. The summed E-state index contributed by atoms with van der Waals surface area (Å²) in [6.07, 6.45) is -4.26. The van der Waals surface area contributed by atoms with Crippen LogP contribution in [-0.2, 0) is 4.74 Å². The van der Waals surface area contributed by atoms with E-state index in [4.69, 9.17) is 0 Å². The number of anilines is 1. The van der Waals surface area contributed by atoms with Crippen LogP contribution < -0.4 is 10.2 Å². The molecule has 1 aromatic carbocycles. The summed E-state index contributed by atoms with van der Waals surface area (Å²) in [5.41, 5.74) is 2.20. The van der Waals surface area contributed by atoms with Gasteiger partial charge >= 0.3 is 6.18 Å². The molecule has 1 rings (SSSR count). The SMILES string of the molecule is CC(NCCOCC(F)(F)F)c1ccc(N(C)C)cc1. The number of benzene rings is 1. The smallest absolute Gasteiger partial charge is 0.378 e. The highest BCUT2D eigenvalue weighted by Crippen LogP contribution is 2.17. The second-order valence-corrected chi connectivity index (χ2v) is 4.83. The van der Waals surface area contributed by atoms with Crippen LogP contribution >= 0.6 is 0 Å². The molecular formula is C14H21F3N2O. The Balaban J connectivity index is 2.30. The van der Waals surface area contributed by atoms with Crippen molar-refractivity contribution in [2.45, 2.75) is 19.1 Å². The summed E-state index contributed by atoms with van der Waals surface area (Å²) in [6.45, 7) is 1.20. The van der Waals surface area contributed by atoms with E-state index in [1.54, 1.807) is 0 Å². The van der Waals surface area contributed by atoms with E-state index in [9.17, 15) is 13.2 Å². The maximum absolute atomic E-state index is 11.9. The molecule has 0 bridgehead atoms. The standard InChI is InChI=1S/C14H21F3N2O/c1-11(18-8-9-20-10-14(15,16)17)12-4-6-13(7-5-12)19(2)3/h4-7,11,18H,8-10H2,1-3H3. The summed E-state index contributed by atoms with van der Waals surface area (Å²) >= 11 is 0. The lowest BCUT2D eigenvalue weighted by atomic mass is 10.1. The number of nitrogens with one attached hydrogen (secondary N) is 1. The van der Waals surface area contributed by atoms with E-state index in [1.165, 1.54) is 0 Å². The average Bonchev–Trinajstić information content (AvgIpc) is 2.37. The molecule has 20 heavy (non-hydrogen) atoms. The molecule has 0 heterocycles. The molecule has 0 radical (unpaired) electrons. The molecule has 1 N–H and O–H groups in total. The molecule has 0 amide bonds. The van der Waals surface area contributed by atoms with E-state index in [2.05, 4.69) is 10.1 Å². The van der Waals surface area contributed by atoms with Crippen molar-refractivity contribution in [3.8, 4) is 0 Å². The summed E-state index contributed by atoms with van der Waals surface area (Å²) in [7, 11) is 3.93. The molecule has 114 valence electrons. The Morgan fingerprint density at radius 3 is 2.30 bits per heavy atom. The fourth-order valence-corrected chi connectivity index (χ4v) is 1.71. The van der Waals surface area contributed by atoms with Gasteiger partial charge in [-0.3, -0.25) is 0 Å². The van der Waals surface area contributed by atoms with Gasteiger partial charge in [0, 0.05) is 32.4 Å². The Bertz CT molecular complexity index is 390. The molecule has 0 spiro atoms. The number of halogens is 3. The normalized spacial score (nSPS) is 13.3. The molecule has 0 aliphatic heterocycles. The summed E-state index contributed by atoms with van der Waals surface area (Å²) in [4.78, 5) is 2.01. The topological polar surface area (TPSA) is 24.5 Å². The predicted octanol–water partition coefficient (Wildman–Crippen LogP) is 2.98. The first-order valence-electron chi connectivity index (χ1n) is 6.45. The molecule has 0 aromatic heterocycles. The van der Waals surface area contributed by atoms with Gasteiger partial charge in [-0.25, -0.2) is 0 Å². The Morgan fingerprint density at radius 2 is 1.80 bits per heavy atom. The lowest BCUT2D eigenvalue weighted by Gasteiger charge is -2.17. The van der Waals surface area contributed by atoms with Gasteiger partial charge in [0.15, 0.2) is 0 Å². The van der Waals surface area contributed by atoms with E-state index in [0.29, 0.717) is 6.54 Å². The van der Waals surface area contributed by atoms with Crippen molar-refractivity contribution >= 4 is 5.69 Å². The van der Waals surface area contributed by atoms with Crippen LogP contribution in [-0.4, -0.2) is 40.0 Å². The average molecular weight is 290 g/mol. The zero-order valence-corrected chi connectivity index (χ0v) is 12.0. The van der Waals surface area contributed by atoms with Crippen LogP contribution in [0.1, 0.15) is 18.5 Å². The van der Waals surface area contributed by atoms with Crippen LogP contribution in [0.25, 0.3) is 0 Å². The zero-order valence-electron chi connectivity index (χ0n) is 12.0. The first kappa shape index (κ1) is 16.8. The molecule has 1 unspecified atom stereocenters. The maximum atomic E-state index is 11.9. The summed E-state index contributed by atoms with van der Waals surface area (Å²) in [5.74, 6) is 0. The second-order valence-electron chi connectivity index (χ2n) is 4.83. The van der Waals surface area contributed by atoms with Gasteiger partial charge in [0.05, 0.1) is 6.61 Å². The minimum atomic E-state index is -4.26. The highest BCUT2D eigenvalue weighted by Gasteiger charge is 2.27. The lowest BCUT2D eigenvalue weighted by Crippen LogP contribution is -2.26. The lowest BCUT2D eigenvalue weighted by molar-refractivity contribution is -0.173. The van der Waals surface area contributed by atoms with Crippen molar-refractivity contribution in [1.82, 2.24) is 5.32 Å². The van der Waals surface area contributed by atoms with E-state index in [-0.39, 0.29) is 12.6 Å². The van der Waals surface area contributed by atoms with E-state index in [1.807, 2.05) is 50.2 Å². The van der Waals surface area contributed by atoms with Crippen LogP contribution in [0.2, 0.25) is 0 Å². The van der Waals surface area contributed by atoms with Crippen molar-refractivity contribution in [1.29, 1.82) is 0 Å². The van der Waals surface area contributed by atoms with Crippen molar-refractivity contribution in [3.63, 3.8) is 0 Å². The fraction of sp³-hybridized carbons (Fsp3) is 0.571. The predicted molar refractivity (Wildman–Crippen MR) is 74.1 cm³/mol. The molecule has 1 atom stereocenters. The molecule has 1 aromatic rings.